The van der Waals surface area contributed by atoms with Gasteiger partial charge in [-0.25, -0.2) is 13.2 Å². The lowest BCUT2D eigenvalue weighted by Gasteiger charge is -2.26. The van der Waals surface area contributed by atoms with Crippen molar-refractivity contribution in [2.24, 2.45) is 0 Å². The fraction of sp³-hybridized carbons (Fsp3) is 0.250. The topological polar surface area (TPSA) is 126 Å². The molecule has 1 fully saturated rings. The normalized spacial score (nSPS) is 14.5. The molecule has 1 amide bonds. The maximum Gasteiger partial charge on any atom is 0.338 e. The molecule has 1 N–H and O–H groups in total. The van der Waals surface area contributed by atoms with Crippen molar-refractivity contribution in [1.29, 1.82) is 5.26 Å². The molecule has 0 aromatic heterocycles. The van der Waals surface area contributed by atoms with E-state index in [0.717, 1.165) is 0 Å². The van der Waals surface area contributed by atoms with E-state index < -0.39 is 28.5 Å². The van der Waals surface area contributed by atoms with Crippen LogP contribution in [0.2, 0.25) is 0 Å². The number of nitrogens with one attached hydrogen (secondary N) is 1. The van der Waals surface area contributed by atoms with Gasteiger partial charge in [-0.3, -0.25) is 4.79 Å². The minimum atomic E-state index is -3.61. The SMILES string of the molecule is N#Cc1ccc(C(=O)OCC(=O)Nc2ccc(S(=O)(=O)N3CCOCC3)cc2)cc1. The van der Waals surface area contributed by atoms with E-state index in [4.69, 9.17) is 14.7 Å². The summed E-state index contributed by atoms with van der Waals surface area (Å²) in [4.78, 5) is 24.1. The molecule has 30 heavy (non-hydrogen) atoms. The summed E-state index contributed by atoms with van der Waals surface area (Å²) in [6.45, 7) is 0.798. The predicted molar refractivity (Wildman–Crippen MR) is 106 cm³/mol. The Balaban J connectivity index is 1.54. The lowest BCUT2D eigenvalue weighted by molar-refractivity contribution is -0.119. The van der Waals surface area contributed by atoms with Gasteiger partial charge in [0.25, 0.3) is 5.91 Å². The third-order valence-electron chi connectivity index (χ3n) is 4.33. The Bertz CT molecular complexity index is 1050. The van der Waals surface area contributed by atoms with Crippen molar-refractivity contribution in [2.45, 2.75) is 4.90 Å². The van der Waals surface area contributed by atoms with Crippen LogP contribution in [0.1, 0.15) is 15.9 Å². The standard InChI is InChI=1S/C20H19N3O6S/c21-13-15-1-3-16(4-2-15)20(25)29-14-19(24)22-17-5-7-18(8-6-17)30(26,27)23-9-11-28-12-10-23/h1-8H,9-12,14H2,(H,22,24). The van der Waals surface area contributed by atoms with E-state index in [1.165, 1.54) is 52.8 Å². The van der Waals surface area contributed by atoms with Gasteiger partial charge < -0.3 is 14.8 Å². The number of ether oxygens (including phenoxy) is 2. The Kier molecular flexibility index (Phi) is 6.79. The molecule has 0 radical (unpaired) electrons. The number of carbonyl (C=O) groups excluding carboxylic acids is 2. The van der Waals surface area contributed by atoms with Crippen molar-refractivity contribution < 1.29 is 27.5 Å². The van der Waals surface area contributed by atoms with Crippen LogP contribution >= 0.6 is 0 Å². The molecule has 10 heteroatoms. The molecule has 0 unspecified atom stereocenters. The van der Waals surface area contributed by atoms with Gasteiger partial charge in [0.2, 0.25) is 10.0 Å². The van der Waals surface area contributed by atoms with Gasteiger partial charge in [0.15, 0.2) is 6.61 Å². The third kappa shape index (κ3) is 5.21. The highest BCUT2D eigenvalue weighted by molar-refractivity contribution is 7.89. The van der Waals surface area contributed by atoms with Gasteiger partial charge in [-0.15, -0.1) is 0 Å². The molecular formula is C20H19N3O6S. The molecule has 3 rings (SSSR count). The van der Waals surface area contributed by atoms with Crippen LogP contribution in [-0.2, 0) is 24.3 Å². The zero-order valence-electron chi connectivity index (χ0n) is 15.9. The van der Waals surface area contributed by atoms with Crippen LogP contribution in [0.15, 0.2) is 53.4 Å². The van der Waals surface area contributed by atoms with E-state index in [0.29, 0.717) is 37.6 Å². The fourth-order valence-corrected chi connectivity index (χ4v) is 4.15. The Labute approximate surface area is 173 Å². The van der Waals surface area contributed by atoms with E-state index in [2.05, 4.69) is 5.32 Å². The second kappa shape index (κ2) is 9.49. The number of anilines is 1. The van der Waals surface area contributed by atoms with Crippen LogP contribution in [0.3, 0.4) is 0 Å². The first-order chi connectivity index (χ1) is 14.4. The third-order valence-corrected chi connectivity index (χ3v) is 6.24. The summed E-state index contributed by atoms with van der Waals surface area (Å²) in [5.74, 6) is -1.26. The Morgan fingerprint density at radius 2 is 1.70 bits per heavy atom. The van der Waals surface area contributed by atoms with Crippen molar-refractivity contribution in [3.63, 3.8) is 0 Å². The fourth-order valence-electron chi connectivity index (χ4n) is 2.74. The number of hydrogen-bond donors (Lipinski definition) is 1. The summed E-state index contributed by atoms with van der Waals surface area (Å²) in [5.41, 5.74) is 0.998. The van der Waals surface area contributed by atoms with Crippen molar-refractivity contribution in [3.8, 4) is 6.07 Å². The number of amides is 1. The monoisotopic (exact) mass is 429 g/mol. The summed E-state index contributed by atoms with van der Waals surface area (Å²) >= 11 is 0. The average molecular weight is 429 g/mol. The minimum absolute atomic E-state index is 0.120. The zero-order chi connectivity index (χ0) is 21.6. The van der Waals surface area contributed by atoms with Crippen LogP contribution in [0.5, 0.6) is 0 Å². The molecular weight excluding hydrogens is 410 g/mol. The van der Waals surface area contributed by atoms with Crippen molar-refractivity contribution >= 4 is 27.6 Å². The maximum absolute atomic E-state index is 12.6. The van der Waals surface area contributed by atoms with Crippen molar-refractivity contribution in [2.75, 3.05) is 38.2 Å². The van der Waals surface area contributed by atoms with Gasteiger partial charge in [0.05, 0.1) is 35.3 Å². The highest BCUT2D eigenvalue weighted by atomic mass is 32.2. The molecule has 0 spiro atoms. The van der Waals surface area contributed by atoms with E-state index in [1.54, 1.807) is 0 Å². The summed E-state index contributed by atoms with van der Waals surface area (Å²) < 4.78 is 36.6. The minimum Gasteiger partial charge on any atom is -0.452 e. The second-order valence-electron chi connectivity index (χ2n) is 6.35. The number of hydrogen-bond acceptors (Lipinski definition) is 7. The number of nitriles is 1. The number of nitrogens with zero attached hydrogens (tertiary/aromatic N) is 2. The van der Waals surface area contributed by atoms with Crippen LogP contribution in [0.4, 0.5) is 5.69 Å². The zero-order valence-corrected chi connectivity index (χ0v) is 16.7. The molecule has 0 aliphatic carbocycles. The van der Waals surface area contributed by atoms with Crippen LogP contribution < -0.4 is 5.32 Å². The molecule has 156 valence electrons. The number of morpholine rings is 1. The molecule has 2 aromatic rings. The smallest absolute Gasteiger partial charge is 0.338 e. The Hall–Kier alpha value is -3.26. The first kappa shape index (κ1) is 21.4. The first-order valence-corrected chi connectivity index (χ1v) is 10.5. The summed E-state index contributed by atoms with van der Waals surface area (Å²) in [6.07, 6.45) is 0. The Morgan fingerprint density at radius 1 is 1.07 bits per heavy atom. The molecule has 1 aliphatic heterocycles. The van der Waals surface area contributed by atoms with Gasteiger partial charge in [-0.05, 0) is 48.5 Å². The van der Waals surface area contributed by atoms with Crippen molar-refractivity contribution in [1.82, 2.24) is 4.31 Å². The summed E-state index contributed by atoms with van der Waals surface area (Å²) in [7, 11) is -3.61. The van der Waals surface area contributed by atoms with Crippen molar-refractivity contribution in [3.05, 3.63) is 59.7 Å². The molecule has 2 aromatic carbocycles. The molecule has 0 bridgehead atoms. The first-order valence-electron chi connectivity index (χ1n) is 9.05. The lowest BCUT2D eigenvalue weighted by Crippen LogP contribution is -2.40. The quantitative estimate of drug-likeness (QED) is 0.688. The summed E-state index contributed by atoms with van der Waals surface area (Å²) in [5, 5.41) is 11.3. The molecule has 9 nitrogen and oxygen atoms in total. The summed E-state index contributed by atoms with van der Waals surface area (Å²) in [6, 6.07) is 13.5. The van der Waals surface area contributed by atoms with E-state index in [-0.39, 0.29) is 10.5 Å². The number of carbonyl (C=O) groups is 2. The predicted octanol–water partition coefficient (Wildman–Crippen LogP) is 1.37. The highest BCUT2D eigenvalue weighted by Gasteiger charge is 2.26. The molecule has 1 heterocycles. The van der Waals surface area contributed by atoms with Gasteiger partial charge in [-0.1, -0.05) is 0 Å². The second-order valence-corrected chi connectivity index (χ2v) is 8.29. The molecule has 0 saturated carbocycles. The van der Waals surface area contributed by atoms with Crippen LogP contribution in [-0.4, -0.2) is 57.5 Å². The number of benzene rings is 2. The van der Waals surface area contributed by atoms with Gasteiger partial charge >= 0.3 is 5.97 Å². The van der Waals surface area contributed by atoms with Gasteiger partial charge in [0, 0.05) is 18.8 Å². The number of esters is 1. The number of rotatable bonds is 6. The maximum atomic E-state index is 12.6. The largest absolute Gasteiger partial charge is 0.452 e. The number of sulfonamides is 1. The molecule has 1 aliphatic rings. The van der Waals surface area contributed by atoms with Gasteiger partial charge in [0.1, 0.15) is 0 Å². The van der Waals surface area contributed by atoms with Crippen LogP contribution in [0.25, 0.3) is 0 Å². The average Bonchev–Trinajstić information content (AvgIpc) is 2.78. The van der Waals surface area contributed by atoms with E-state index >= 15 is 0 Å². The molecule has 0 atom stereocenters. The Morgan fingerprint density at radius 3 is 2.30 bits per heavy atom. The van der Waals surface area contributed by atoms with E-state index in [1.807, 2.05) is 6.07 Å². The van der Waals surface area contributed by atoms with Gasteiger partial charge in [-0.2, -0.15) is 9.57 Å². The molecule has 1 saturated heterocycles. The van der Waals surface area contributed by atoms with Crippen LogP contribution in [0, 0.1) is 11.3 Å². The van der Waals surface area contributed by atoms with E-state index in [9.17, 15) is 18.0 Å². The highest BCUT2D eigenvalue weighted by Crippen LogP contribution is 2.19. The lowest BCUT2D eigenvalue weighted by atomic mass is 10.1.